The molecule has 0 saturated heterocycles. The number of carbonyl (C=O) groups is 1. The molecule has 1 heterocycles. The van der Waals surface area contributed by atoms with Crippen molar-refractivity contribution in [1.29, 1.82) is 0 Å². The smallest absolute Gasteiger partial charge is 0.257 e. The lowest BCUT2D eigenvalue weighted by Gasteiger charge is -2.16. The summed E-state index contributed by atoms with van der Waals surface area (Å²) in [7, 11) is 1.51. The molecule has 0 radical (unpaired) electrons. The Kier molecular flexibility index (Phi) is 3.75. The number of benzene rings is 1. The number of nitrogen functional groups attached to an aromatic ring is 1. The van der Waals surface area contributed by atoms with Crippen LogP contribution in [0.1, 0.15) is 16.1 Å². The molecule has 0 aliphatic heterocycles. The summed E-state index contributed by atoms with van der Waals surface area (Å²) in [5.74, 6) is -2.38. The minimum atomic E-state index is -0.929. The fraction of sp³-hybridized carbons (Fsp3) is 0.167. The number of thiazole rings is 1. The Morgan fingerprint density at radius 1 is 1.42 bits per heavy atom. The SMILES string of the molecule is CN(Cc1cscn1)C(=O)c1cc(N)c(F)cc1F. The van der Waals surface area contributed by atoms with Crippen molar-refractivity contribution in [3.05, 3.63) is 45.9 Å². The minimum Gasteiger partial charge on any atom is -0.396 e. The molecular formula is C12H11F2N3OS. The van der Waals surface area contributed by atoms with E-state index in [-0.39, 0.29) is 17.8 Å². The Morgan fingerprint density at radius 2 is 2.16 bits per heavy atom. The normalized spacial score (nSPS) is 10.5. The van der Waals surface area contributed by atoms with Gasteiger partial charge in [-0.25, -0.2) is 13.8 Å². The summed E-state index contributed by atoms with van der Waals surface area (Å²) in [5, 5.41) is 1.79. The first-order valence-electron chi connectivity index (χ1n) is 5.36. The molecule has 19 heavy (non-hydrogen) atoms. The molecule has 0 spiro atoms. The van der Waals surface area contributed by atoms with Crippen LogP contribution >= 0.6 is 11.3 Å². The van der Waals surface area contributed by atoms with Crippen LogP contribution in [0, 0.1) is 11.6 Å². The Balaban J connectivity index is 2.21. The van der Waals surface area contributed by atoms with Crippen molar-refractivity contribution in [1.82, 2.24) is 9.88 Å². The second-order valence-corrected chi connectivity index (χ2v) is 4.71. The monoisotopic (exact) mass is 283 g/mol. The summed E-state index contributed by atoms with van der Waals surface area (Å²) in [6.45, 7) is 0.249. The van der Waals surface area contributed by atoms with Gasteiger partial charge < -0.3 is 10.6 Å². The van der Waals surface area contributed by atoms with Gasteiger partial charge in [0.25, 0.3) is 5.91 Å². The summed E-state index contributed by atoms with van der Waals surface area (Å²) >= 11 is 1.40. The maximum absolute atomic E-state index is 13.6. The van der Waals surface area contributed by atoms with Crippen molar-refractivity contribution < 1.29 is 13.6 Å². The Labute approximate surface area is 112 Å². The summed E-state index contributed by atoms with van der Waals surface area (Å²) in [4.78, 5) is 17.4. The van der Waals surface area contributed by atoms with Gasteiger partial charge >= 0.3 is 0 Å². The summed E-state index contributed by atoms with van der Waals surface area (Å²) < 4.78 is 26.6. The van der Waals surface area contributed by atoms with Crippen LogP contribution in [0.5, 0.6) is 0 Å². The Bertz CT molecular complexity index is 601. The molecule has 0 aliphatic rings. The molecule has 7 heteroatoms. The fourth-order valence-corrected chi connectivity index (χ4v) is 2.12. The van der Waals surface area contributed by atoms with Crippen molar-refractivity contribution in [2.45, 2.75) is 6.54 Å². The van der Waals surface area contributed by atoms with Crippen molar-refractivity contribution in [3.63, 3.8) is 0 Å². The van der Waals surface area contributed by atoms with E-state index in [1.807, 2.05) is 0 Å². The molecule has 0 saturated carbocycles. The van der Waals surface area contributed by atoms with Gasteiger partial charge in [-0.2, -0.15) is 0 Å². The first-order valence-corrected chi connectivity index (χ1v) is 6.30. The number of hydrogen-bond donors (Lipinski definition) is 1. The molecule has 1 aromatic heterocycles. The van der Waals surface area contributed by atoms with E-state index in [9.17, 15) is 13.6 Å². The van der Waals surface area contributed by atoms with E-state index in [2.05, 4.69) is 4.98 Å². The lowest BCUT2D eigenvalue weighted by molar-refractivity contribution is 0.0779. The minimum absolute atomic E-state index is 0.249. The van der Waals surface area contributed by atoms with Gasteiger partial charge in [0.1, 0.15) is 11.6 Å². The highest BCUT2D eigenvalue weighted by molar-refractivity contribution is 7.07. The van der Waals surface area contributed by atoms with E-state index >= 15 is 0 Å². The number of carbonyl (C=O) groups excluding carboxylic acids is 1. The van der Waals surface area contributed by atoms with E-state index in [1.165, 1.54) is 23.3 Å². The van der Waals surface area contributed by atoms with Crippen molar-refractivity contribution >= 4 is 22.9 Å². The summed E-state index contributed by atoms with van der Waals surface area (Å²) in [5.41, 5.74) is 7.18. The standard InChI is InChI=1S/C12H11F2N3OS/c1-17(4-7-5-19-6-16-7)12(18)8-2-11(15)10(14)3-9(8)13/h2-3,5-6H,4,15H2,1H3. The molecule has 4 nitrogen and oxygen atoms in total. The van der Waals surface area contributed by atoms with Crippen LogP contribution < -0.4 is 5.73 Å². The number of amides is 1. The fourth-order valence-electron chi connectivity index (χ4n) is 1.57. The zero-order valence-corrected chi connectivity index (χ0v) is 10.9. The predicted octanol–water partition coefficient (Wildman–Crippen LogP) is 2.28. The molecule has 2 N–H and O–H groups in total. The Morgan fingerprint density at radius 3 is 2.79 bits per heavy atom. The quantitative estimate of drug-likeness (QED) is 0.879. The van der Waals surface area contributed by atoms with Gasteiger partial charge in [-0.05, 0) is 6.07 Å². The average molecular weight is 283 g/mol. The van der Waals surface area contributed by atoms with E-state index < -0.39 is 17.5 Å². The van der Waals surface area contributed by atoms with E-state index in [0.29, 0.717) is 11.8 Å². The maximum atomic E-state index is 13.6. The van der Waals surface area contributed by atoms with Crippen LogP contribution in [0.25, 0.3) is 0 Å². The molecule has 2 aromatic rings. The zero-order valence-electron chi connectivity index (χ0n) is 10.1. The molecule has 0 aliphatic carbocycles. The highest BCUT2D eigenvalue weighted by atomic mass is 32.1. The number of nitrogens with zero attached hydrogens (tertiary/aromatic N) is 2. The topological polar surface area (TPSA) is 59.2 Å². The van der Waals surface area contributed by atoms with Crippen LogP contribution in [0.4, 0.5) is 14.5 Å². The van der Waals surface area contributed by atoms with Gasteiger partial charge in [-0.15, -0.1) is 11.3 Å². The molecule has 1 aromatic carbocycles. The highest BCUT2D eigenvalue weighted by Gasteiger charge is 2.19. The predicted molar refractivity (Wildman–Crippen MR) is 68.7 cm³/mol. The van der Waals surface area contributed by atoms with Crippen molar-refractivity contribution in [2.75, 3.05) is 12.8 Å². The lowest BCUT2D eigenvalue weighted by atomic mass is 10.1. The Hall–Kier alpha value is -2.02. The average Bonchev–Trinajstić information content (AvgIpc) is 2.85. The van der Waals surface area contributed by atoms with Crippen LogP contribution in [0.15, 0.2) is 23.0 Å². The molecule has 1 amide bonds. The van der Waals surface area contributed by atoms with E-state index in [4.69, 9.17) is 5.73 Å². The lowest BCUT2D eigenvalue weighted by Crippen LogP contribution is -2.27. The molecule has 0 unspecified atom stereocenters. The molecule has 100 valence electrons. The molecular weight excluding hydrogens is 272 g/mol. The van der Waals surface area contributed by atoms with E-state index in [0.717, 1.165) is 6.07 Å². The number of hydrogen-bond acceptors (Lipinski definition) is 4. The van der Waals surface area contributed by atoms with Gasteiger partial charge in [0, 0.05) is 18.5 Å². The van der Waals surface area contributed by atoms with Crippen LogP contribution in [0.3, 0.4) is 0 Å². The van der Waals surface area contributed by atoms with Gasteiger partial charge in [-0.3, -0.25) is 4.79 Å². The van der Waals surface area contributed by atoms with Gasteiger partial charge in [-0.1, -0.05) is 0 Å². The number of aromatic nitrogens is 1. The molecule has 0 bridgehead atoms. The van der Waals surface area contributed by atoms with Gasteiger partial charge in [0.2, 0.25) is 0 Å². The third-order valence-corrected chi connectivity index (χ3v) is 3.18. The van der Waals surface area contributed by atoms with Gasteiger partial charge in [0.05, 0.1) is 29.0 Å². The van der Waals surface area contributed by atoms with Crippen LogP contribution in [-0.4, -0.2) is 22.8 Å². The molecule has 0 atom stereocenters. The number of nitrogens with two attached hydrogens (primary N) is 1. The summed E-state index contributed by atoms with van der Waals surface area (Å²) in [6.07, 6.45) is 0. The first kappa shape index (κ1) is 13.4. The van der Waals surface area contributed by atoms with Crippen LogP contribution in [-0.2, 0) is 6.54 Å². The van der Waals surface area contributed by atoms with Crippen molar-refractivity contribution in [3.8, 4) is 0 Å². The third-order valence-electron chi connectivity index (χ3n) is 2.55. The maximum Gasteiger partial charge on any atom is 0.257 e. The number of anilines is 1. The van der Waals surface area contributed by atoms with Gasteiger partial charge in [0.15, 0.2) is 0 Å². The second-order valence-electron chi connectivity index (χ2n) is 3.99. The zero-order chi connectivity index (χ0) is 14.0. The number of halogens is 2. The number of rotatable bonds is 3. The summed E-state index contributed by atoms with van der Waals surface area (Å²) in [6, 6.07) is 1.61. The van der Waals surface area contributed by atoms with Crippen LogP contribution in [0.2, 0.25) is 0 Å². The van der Waals surface area contributed by atoms with E-state index in [1.54, 1.807) is 10.9 Å². The highest BCUT2D eigenvalue weighted by Crippen LogP contribution is 2.18. The second kappa shape index (κ2) is 5.31. The van der Waals surface area contributed by atoms with Crippen molar-refractivity contribution in [2.24, 2.45) is 0 Å². The molecule has 2 rings (SSSR count). The molecule has 0 fully saturated rings. The third kappa shape index (κ3) is 2.87. The first-order chi connectivity index (χ1) is 8.99. The largest absolute Gasteiger partial charge is 0.396 e.